The van der Waals surface area contributed by atoms with Crippen molar-refractivity contribution in [1.29, 1.82) is 0 Å². The van der Waals surface area contributed by atoms with E-state index in [0.29, 0.717) is 11.0 Å². The highest BCUT2D eigenvalue weighted by Gasteiger charge is 2.08. The third kappa shape index (κ3) is 1.13. The normalized spacial score (nSPS) is 10.8. The van der Waals surface area contributed by atoms with E-state index in [4.69, 9.17) is 4.52 Å². The van der Waals surface area contributed by atoms with Crippen molar-refractivity contribution >= 4 is 42.8 Å². The molecule has 0 fully saturated rings. The van der Waals surface area contributed by atoms with Crippen LogP contribution < -0.4 is 0 Å². The average molecular weight is 293 g/mol. The summed E-state index contributed by atoms with van der Waals surface area (Å²) < 4.78 is 6.56. The van der Waals surface area contributed by atoms with E-state index in [1.165, 1.54) is 0 Å². The molecule has 0 aliphatic carbocycles. The zero-order valence-corrected chi connectivity index (χ0v) is 8.89. The van der Waals surface area contributed by atoms with Gasteiger partial charge in [-0.1, -0.05) is 0 Å². The smallest absolute Gasteiger partial charge is 0.259 e. The molecule has 5 heteroatoms. The number of aromatic hydroxyl groups is 1. The molecule has 0 saturated heterocycles. The van der Waals surface area contributed by atoms with Crippen molar-refractivity contribution in [3.63, 3.8) is 0 Å². The van der Waals surface area contributed by atoms with E-state index in [9.17, 15) is 5.11 Å². The Morgan fingerprint density at radius 3 is 2.67 bits per heavy atom. The molecule has 0 radical (unpaired) electrons. The van der Waals surface area contributed by atoms with Crippen LogP contribution in [0.4, 0.5) is 0 Å². The largest absolute Gasteiger partial charge is 0.491 e. The molecule has 0 spiro atoms. The van der Waals surface area contributed by atoms with Crippen LogP contribution in [0.2, 0.25) is 0 Å². The molecule has 3 nitrogen and oxygen atoms in total. The fraction of sp³-hybridized carbons (Fsp3) is 0. The van der Waals surface area contributed by atoms with Crippen molar-refractivity contribution in [2.24, 2.45) is 0 Å². The minimum Gasteiger partial charge on any atom is -0.491 e. The quantitative estimate of drug-likeness (QED) is 0.812. The first-order chi connectivity index (χ1) is 5.68. The van der Waals surface area contributed by atoms with Crippen LogP contribution in [0.1, 0.15) is 0 Å². The van der Waals surface area contributed by atoms with Crippen LogP contribution in [0.3, 0.4) is 0 Å². The van der Waals surface area contributed by atoms with Gasteiger partial charge in [-0.15, -0.1) is 0 Å². The molecule has 0 aliphatic heterocycles. The molecular weight excluding hydrogens is 290 g/mol. The number of hydrogen-bond acceptors (Lipinski definition) is 3. The number of benzene rings is 1. The van der Waals surface area contributed by atoms with Crippen molar-refractivity contribution in [3.8, 4) is 5.88 Å². The van der Waals surface area contributed by atoms with Gasteiger partial charge in [0.15, 0.2) is 5.58 Å². The molecular formula is C7H3Br2NO2. The highest BCUT2D eigenvalue weighted by Crippen LogP contribution is 2.32. The Bertz CT molecular complexity index is 438. The predicted molar refractivity (Wildman–Crippen MR) is 51.1 cm³/mol. The third-order valence-electron chi connectivity index (χ3n) is 1.49. The number of hydrogen-bond donors (Lipinski definition) is 1. The minimum atomic E-state index is -0.0850. The van der Waals surface area contributed by atoms with Crippen molar-refractivity contribution in [1.82, 2.24) is 5.16 Å². The standard InChI is InChI=1S/C7H3Br2NO2/c8-4-1-3-6(2-5(4)9)12-10-7(3)11/h1-2H,(H,10,11). The van der Waals surface area contributed by atoms with Gasteiger partial charge in [-0.2, -0.15) is 0 Å². The maximum absolute atomic E-state index is 9.19. The molecule has 0 aliphatic rings. The Morgan fingerprint density at radius 1 is 1.25 bits per heavy atom. The van der Waals surface area contributed by atoms with Gasteiger partial charge < -0.3 is 9.63 Å². The van der Waals surface area contributed by atoms with Gasteiger partial charge in [-0.3, -0.25) is 0 Å². The summed E-state index contributed by atoms with van der Waals surface area (Å²) in [6.07, 6.45) is 0. The van der Waals surface area contributed by atoms with Crippen molar-refractivity contribution in [2.75, 3.05) is 0 Å². The first kappa shape index (κ1) is 8.07. The first-order valence-electron chi connectivity index (χ1n) is 3.12. The van der Waals surface area contributed by atoms with E-state index < -0.39 is 0 Å². The van der Waals surface area contributed by atoms with Gasteiger partial charge >= 0.3 is 0 Å². The van der Waals surface area contributed by atoms with Gasteiger partial charge in [0.1, 0.15) is 0 Å². The van der Waals surface area contributed by atoms with Crippen LogP contribution >= 0.6 is 31.9 Å². The first-order valence-corrected chi connectivity index (χ1v) is 4.70. The Balaban J connectivity index is 2.87. The summed E-state index contributed by atoms with van der Waals surface area (Å²) >= 11 is 6.62. The molecule has 12 heavy (non-hydrogen) atoms. The minimum absolute atomic E-state index is 0.0850. The van der Waals surface area contributed by atoms with E-state index in [1.54, 1.807) is 12.1 Å². The monoisotopic (exact) mass is 291 g/mol. The van der Waals surface area contributed by atoms with Crippen LogP contribution in [0.5, 0.6) is 5.88 Å². The van der Waals surface area contributed by atoms with E-state index in [1.807, 2.05) is 0 Å². The van der Waals surface area contributed by atoms with Gasteiger partial charge in [-0.05, 0) is 49.1 Å². The van der Waals surface area contributed by atoms with Crippen molar-refractivity contribution in [3.05, 3.63) is 21.1 Å². The lowest BCUT2D eigenvalue weighted by atomic mass is 10.3. The Kier molecular flexibility index (Phi) is 1.84. The van der Waals surface area contributed by atoms with Gasteiger partial charge in [0.05, 0.1) is 5.39 Å². The average Bonchev–Trinajstić information content (AvgIpc) is 2.35. The fourth-order valence-corrected chi connectivity index (χ4v) is 1.59. The molecule has 0 unspecified atom stereocenters. The van der Waals surface area contributed by atoms with Crippen LogP contribution in [0.25, 0.3) is 11.0 Å². The Morgan fingerprint density at radius 2 is 1.92 bits per heavy atom. The van der Waals surface area contributed by atoms with E-state index in [0.717, 1.165) is 8.95 Å². The molecule has 62 valence electrons. The van der Waals surface area contributed by atoms with Crippen LogP contribution in [0, 0.1) is 0 Å². The highest BCUT2D eigenvalue weighted by atomic mass is 79.9. The molecule has 0 bridgehead atoms. The number of aromatic nitrogens is 1. The Labute approximate surface area is 84.6 Å². The van der Waals surface area contributed by atoms with Crippen molar-refractivity contribution < 1.29 is 9.63 Å². The summed E-state index contributed by atoms with van der Waals surface area (Å²) in [5.74, 6) is -0.0850. The summed E-state index contributed by atoms with van der Waals surface area (Å²) in [6, 6.07) is 3.48. The molecule has 1 N–H and O–H groups in total. The second kappa shape index (κ2) is 2.74. The summed E-state index contributed by atoms with van der Waals surface area (Å²) in [7, 11) is 0. The molecule has 1 aromatic heterocycles. The maximum atomic E-state index is 9.19. The number of nitrogens with zero attached hydrogens (tertiary/aromatic N) is 1. The topological polar surface area (TPSA) is 46.3 Å². The SMILES string of the molecule is Oc1noc2cc(Br)c(Br)cc12. The van der Waals surface area contributed by atoms with E-state index in [-0.39, 0.29) is 5.88 Å². The summed E-state index contributed by atoms with van der Waals surface area (Å²) in [4.78, 5) is 0. The zero-order valence-electron chi connectivity index (χ0n) is 5.71. The predicted octanol–water partition coefficient (Wildman–Crippen LogP) is 3.06. The third-order valence-corrected chi connectivity index (χ3v) is 3.34. The van der Waals surface area contributed by atoms with Crippen LogP contribution in [0.15, 0.2) is 25.6 Å². The lowest BCUT2D eigenvalue weighted by molar-refractivity contribution is 0.376. The Hall–Kier alpha value is -0.550. The van der Waals surface area contributed by atoms with Gasteiger partial charge in [0, 0.05) is 8.95 Å². The number of halogens is 2. The molecule has 0 amide bonds. The maximum Gasteiger partial charge on any atom is 0.259 e. The number of rotatable bonds is 0. The molecule has 1 heterocycles. The van der Waals surface area contributed by atoms with Crippen LogP contribution in [-0.4, -0.2) is 10.3 Å². The zero-order chi connectivity index (χ0) is 8.72. The molecule has 2 rings (SSSR count). The molecule has 0 saturated carbocycles. The van der Waals surface area contributed by atoms with Gasteiger partial charge in [0.2, 0.25) is 0 Å². The molecule has 1 aromatic carbocycles. The van der Waals surface area contributed by atoms with E-state index in [2.05, 4.69) is 37.0 Å². The number of fused-ring (bicyclic) bond motifs is 1. The highest BCUT2D eigenvalue weighted by molar-refractivity contribution is 9.13. The van der Waals surface area contributed by atoms with Crippen molar-refractivity contribution in [2.45, 2.75) is 0 Å². The lowest BCUT2D eigenvalue weighted by Crippen LogP contribution is -1.69. The van der Waals surface area contributed by atoms with E-state index >= 15 is 0 Å². The molecule has 2 aromatic rings. The fourth-order valence-electron chi connectivity index (χ4n) is 0.920. The summed E-state index contributed by atoms with van der Waals surface area (Å²) in [6.45, 7) is 0. The molecule has 0 atom stereocenters. The summed E-state index contributed by atoms with van der Waals surface area (Å²) in [5, 5.41) is 13.2. The lowest BCUT2D eigenvalue weighted by Gasteiger charge is -1.93. The van der Waals surface area contributed by atoms with Gasteiger partial charge in [-0.25, -0.2) is 0 Å². The van der Waals surface area contributed by atoms with Crippen LogP contribution in [-0.2, 0) is 0 Å². The second-order valence-electron chi connectivity index (χ2n) is 2.27. The van der Waals surface area contributed by atoms with Gasteiger partial charge in [0.25, 0.3) is 5.88 Å². The second-order valence-corrected chi connectivity index (χ2v) is 3.98. The summed E-state index contributed by atoms with van der Waals surface area (Å²) in [5.41, 5.74) is 0.558.